The third-order valence-electron chi connectivity index (χ3n) is 3.87. The third kappa shape index (κ3) is 2.90. The van der Waals surface area contributed by atoms with Crippen LogP contribution in [0.15, 0.2) is 53.6 Å². The molecule has 0 bridgehead atoms. The third-order valence-corrected chi connectivity index (χ3v) is 3.87. The van der Waals surface area contributed by atoms with E-state index in [1.807, 2.05) is 6.92 Å². The predicted octanol–water partition coefficient (Wildman–Crippen LogP) is 1.27. The molecule has 0 radical (unpaired) electrons. The van der Waals surface area contributed by atoms with Crippen molar-refractivity contribution < 1.29 is 24.5 Å². The first-order valence-electron chi connectivity index (χ1n) is 7.48. The molecule has 0 saturated heterocycles. The van der Waals surface area contributed by atoms with Crippen LogP contribution in [0.4, 0.5) is 5.69 Å². The summed E-state index contributed by atoms with van der Waals surface area (Å²) in [5, 5.41) is 24.9. The van der Waals surface area contributed by atoms with Crippen molar-refractivity contribution >= 4 is 23.1 Å². The SMILES string of the molecule is COc1ccc(N2N=C(C(=O)c3ccc(C)cc3)C(O)(O)C2=O)cc1. The number of benzene rings is 2. The fraction of sp³-hybridized carbons (Fsp3) is 0.167. The highest BCUT2D eigenvalue weighted by atomic mass is 16.5. The van der Waals surface area contributed by atoms with Gasteiger partial charge in [-0.1, -0.05) is 29.8 Å². The lowest BCUT2D eigenvalue weighted by Gasteiger charge is -2.16. The van der Waals surface area contributed by atoms with Gasteiger partial charge in [-0.05, 0) is 31.2 Å². The first-order valence-corrected chi connectivity index (χ1v) is 7.48. The summed E-state index contributed by atoms with van der Waals surface area (Å²) in [5.74, 6) is -4.26. The maximum absolute atomic E-state index is 12.5. The summed E-state index contributed by atoms with van der Waals surface area (Å²) >= 11 is 0. The van der Waals surface area contributed by atoms with Gasteiger partial charge >= 0.3 is 5.91 Å². The maximum Gasteiger partial charge on any atom is 0.314 e. The molecule has 1 amide bonds. The van der Waals surface area contributed by atoms with Crippen LogP contribution in [-0.2, 0) is 4.79 Å². The minimum Gasteiger partial charge on any atom is -0.497 e. The van der Waals surface area contributed by atoms with Crippen LogP contribution in [0.1, 0.15) is 15.9 Å². The highest BCUT2D eigenvalue weighted by Crippen LogP contribution is 2.28. The van der Waals surface area contributed by atoms with Gasteiger partial charge in [0, 0.05) is 5.56 Å². The summed E-state index contributed by atoms with van der Waals surface area (Å²) in [6.45, 7) is 1.86. The second-order valence-corrected chi connectivity index (χ2v) is 5.63. The van der Waals surface area contributed by atoms with E-state index >= 15 is 0 Å². The van der Waals surface area contributed by atoms with Crippen LogP contribution >= 0.6 is 0 Å². The lowest BCUT2D eigenvalue weighted by atomic mass is 10.00. The molecule has 128 valence electrons. The van der Waals surface area contributed by atoms with Crippen molar-refractivity contribution in [2.24, 2.45) is 5.10 Å². The van der Waals surface area contributed by atoms with Crippen LogP contribution in [0.5, 0.6) is 5.75 Å². The van der Waals surface area contributed by atoms with Gasteiger partial charge in [0.15, 0.2) is 5.71 Å². The van der Waals surface area contributed by atoms with Crippen LogP contribution in [0.3, 0.4) is 0 Å². The number of hydrazone groups is 1. The molecule has 0 aliphatic carbocycles. The number of aliphatic hydroxyl groups is 2. The average Bonchev–Trinajstić information content (AvgIpc) is 2.85. The molecule has 0 fully saturated rings. The first-order chi connectivity index (χ1) is 11.8. The van der Waals surface area contributed by atoms with Crippen molar-refractivity contribution in [2.75, 3.05) is 12.1 Å². The lowest BCUT2D eigenvalue weighted by molar-refractivity contribution is -0.155. The van der Waals surface area contributed by atoms with Gasteiger partial charge in [0.05, 0.1) is 12.8 Å². The van der Waals surface area contributed by atoms with E-state index in [-0.39, 0.29) is 11.3 Å². The smallest absolute Gasteiger partial charge is 0.314 e. The molecule has 2 aromatic carbocycles. The van der Waals surface area contributed by atoms with Gasteiger partial charge in [0.25, 0.3) is 5.79 Å². The Kier molecular flexibility index (Phi) is 4.12. The van der Waals surface area contributed by atoms with Crippen molar-refractivity contribution in [1.82, 2.24) is 0 Å². The predicted molar refractivity (Wildman–Crippen MR) is 90.6 cm³/mol. The summed E-state index contributed by atoms with van der Waals surface area (Å²) in [6.07, 6.45) is 0. The van der Waals surface area contributed by atoms with Gasteiger partial charge in [-0.15, -0.1) is 0 Å². The Hall–Kier alpha value is -3.03. The number of anilines is 1. The molecule has 2 N–H and O–H groups in total. The molecule has 7 heteroatoms. The van der Waals surface area contributed by atoms with Crippen molar-refractivity contribution in [1.29, 1.82) is 0 Å². The Morgan fingerprint density at radius 2 is 1.68 bits per heavy atom. The highest BCUT2D eigenvalue weighted by Gasteiger charge is 2.52. The highest BCUT2D eigenvalue weighted by molar-refractivity contribution is 6.53. The number of hydrogen-bond donors (Lipinski definition) is 2. The van der Waals surface area contributed by atoms with E-state index in [4.69, 9.17) is 4.74 Å². The van der Waals surface area contributed by atoms with Gasteiger partial charge in [0.2, 0.25) is 5.78 Å². The summed E-state index contributed by atoms with van der Waals surface area (Å²) in [7, 11) is 1.50. The van der Waals surface area contributed by atoms with E-state index < -0.39 is 23.2 Å². The molecule has 1 heterocycles. The fourth-order valence-corrected chi connectivity index (χ4v) is 2.41. The van der Waals surface area contributed by atoms with Gasteiger partial charge in [0.1, 0.15) is 5.75 Å². The van der Waals surface area contributed by atoms with E-state index in [1.165, 1.54) is 31.4 Å². The normalized spacial score (nSPS) is 15.9. The van der Waals surface area contributed by atoms with E-state index in [2.05, 4.69) is 5.10 Å². The Balaban J connectivity index is 1.98. The standard InChI is InChI=1S/C18H16N2O5/c1-11-3-5-12(6-4-11)15(21)16-18(23,24)17(22)20(19-16)13-7-9-14(25-2)10-8-13/h3-10,23-24H,1-2H3. The molecule has 7 nitrogen and oxygen atoms in total. The summed E-state index contributed by atoms with van der Waals surface area (Å²) in [4.78, 5) is 24.9. The number of amides is 1. The van der Waals surface area contributed by atoms with Crippen molar-refractivity contribution in [3.8, 4) is 5.75 Å². The lowest BCUT2D eigenvalue weighted by Crippen LogP contribution is -2.48. The molecule has 3 rings (SSSR count). The summed E-state index contributed by atoms with van der Waals surface area (Å²) in [6, 6.07) is 12.7. The number of aryl methyl sites for hydroxylation is 1. The number of carbonyl (C=O) groups excluding carboxylic acids is 2. The Morgan fingerprint density at radius 1 is 1.08 bits per heavy atom. The Bertz CT molecular complexity index is 854. The molecular weight excluding hydrogens is 324 g/mol. The van der Waals surface area contributed by atoms with Crippen LogP contribution < -0.4 is 9.75 Å². The van der Waals surface area contributed by atoms with E-state index in [1.54, 1.807) is 24.3 Å². The van der Waals surface area contributed by atoms with Crippen LogP contribution in [0.2, 0.25) is 0 Å². The zero-order chi connectivity index (χ0) is 18.2. The van der Waals surface area contributed by atoms with Gasteiger partial charge in [-0.2, -0.15) is 10.1 Å². The molecule has 0 aromatic heterocycles. The summed E-state index contributed by atoms with van der Waals surface area (Å²) in [5.41, 5.74) is 0.795. The maximum atomic E-state index is 12.5. The molecule has 0 unspecified atom stereocenters. The largest absolute Gasteiger partial charge is 0.497 e. The van der Waals surface area contributed by atoms with Crippen molar-refractivity contribution in [3.63, 3.8) is 0 Å². The van der Waals surface area contributed by atoms with E-state index in [0.717, 1.165) is 10.6 Å². The zero-order valence-electron chi connectivity index (χ0n) is 13.6. The number of methoxy groups -OCH3 is 1. The second kappa shape index (κ2) is 6.12. The quantitative estimate of drug-likeness (QED) is 0.645. The van der Waals surface area contributed by atoms with Crippen LogP contribution in [0, 0.1) is 6.92 Å². The molecule has 0 atom stereocenters. The monoisotopic (exact) mass is 340 g/mol. The number of hydrogen-bond acceptors (Lipinski definition) is 6. The van der Waals surface area contributed by atoms with Gasteiger partial charge < -0.3 is 14.9 Å². The number of ether oxygens (including phenoxy) is 1. The Labute approximate surface area is 143 Å². The van der Waals surface area contributed by atoms with Crippen molar-refractivity contribution in [3.05, 3.63) is 59.7 Å². The molecular formula is C18H16N2O5. The second-order valence-electron chi connectivity index (χ2n) is 5.63. The van der Waals surface area contributed by atoms with Gasteiger partial charge in [-0.25, -0.2) is 0 Å². The first kappa shape index (κ1) is 16.8. The van der Waals surface area contributed by atoms with Crippen LogP contribution in [0.25, 0.3) is 0 Å². The van der Waals surface area contributed by atoms with Crippen LogP contribution in [-0.4, -0.2) is 40.5 Å². The van der Waals surface area contributed by atoms with E-state index in [0.29, 0.717) is 5.75 Å². The summed E-state index contributed by atoms with van der Waals surface area (Å²) < 4.78 is 5.03. The number of carbonyl (C=O) groups is 2. The fourth-order valence-electron chi connectivity index (χ4n) is 2.41. The number of Topliss-reactive ketones (excluding diaryl/α,β-unsaturated/α-hetero) is 1. The van der Waals surface area contributed by atoms with Crippen molar-refractivity contribution in [2.45, 2.75) is 12.7 Å². The molecule has 0 saturated carbocycles. The topological polar surface area (TPSA) is 99.4 Å². The molecule has 25 heavy (non-hydrogen) atoms. The number of ketones is 1. The molecule has 0 spiro atoms. The molecule has 2 aromatic rings. The molecule has 1 aliphatic heterocycles. The molecule has 1 aliphatic rings. The zero-order valence-corrected chi connectivity index (χ0v) is 13.6. The number of rotatable bonds is 4. The minimum atomic E-state index is -2.98. The Morgan fingerprint density at radius 3 is 2.24 bits per heavy atom. The average molecular weight is 340 g/mol. The number of nitrogens with zero attached hydrogens (tertiary/aromatic N) is 2. The minimum absolute atomic E-state index is 0.209. The van der Waals surface area contributed by atoms with Gasteiger partial charge in [-0.3, -0.25) is 9.59 Å². The van der Waals surface area contributed by atoms with E-state index in [9.17, 15) is 19.8 Å².